The molecule has 1 rings (SSSR count). The molecule has 0 aliphatic heterocycles. The molecule has 3 N–H and O–H groups in total. The fourth-order valence-electron chi connectivity index (χ4n) is 1.30. The van der Waals surface area contributed by atoms with Gasteiger partial charge in [-0.2, -0.15) is 4.98 Å². The summed E-state index contributed by atoms with van der Waals surface area (Å²) in [6.45, 7) is 5.48. The zero-order valence-corrected chi connectivity index (χ0v) is 9.60. The van der Waals surface area contributed by atoms with E-state index in [0.717, 1.165) is 0 Å². The Morgan fingerprint density at radius 3 is 2.75 bits per heavy atom. The predicted molar refractivity (Wildman–Crippen MR) is 62.9 cm³/mol. The first-order valence-corrected chi connectivity index (χ1v) is 5.27. The van der Waals surface area contributed by atoms with E-state index in [9.17, 15) is 4.79 Å². The van der Waals surface area contributed by atoms with Gasteiger partial charge in [0.2, 0.25) is 11.9 Å². The lowest BCUT2D eigenvalue weighted by Gasteiger charge is -2.18. The van der Waals surface area contributed by atoms with E-state index in [2.05, 4.69) is 15.3 Å². The Morgan fingerprint density at radius 2 is 2.19 bits per heavy atom. The van der Waals surface area contributed by atoms with E-state index in [1.807, 2.05) is 13.8 Å². The number of nitrogen functional groups attached to an aromatic ring is 1. The molecule has 0 aliphatic carbocycles. The van der Waals surface area contributed by atoms with E-state index in [1.165, 1.54) is 0 Å². The molecule has 0 spiro atoms. The molecule has 0 bridgehead atoms. The maximum atomic E-state index is 11.6. The Balaban J connectivity index is 2.48. The fourth-order valence-corrected chi connectivity index (χ4v) is 1.30. The van der Waals surface area contributed by atoms with Gasteiger partial charge in [-0.25, -0.2) is 4.98 Å². The van der Waals surface area contributed by atoms with Crippen molar-refractivity contribution in [2.75, 3.05) is 30.7 Å². The quantitative estimate of drug-likeness (QED) is 0.752. The van der Waals surface area contributed by atoms with Crippen molar-refractivity contribution in [2.24, 2.45) is 0 Å². The molecule has 0 aliphatic rings. The highest BCUT2D eigenvalue weighted by Crippen LogP contribution is 2.00. The number of hydrogen-bond acceptors (Lipinski definition) is 5. The SMILES string of the molecule is CCN(CC)C(=O)CNc1nccc(N)n1. The van der Waals surface area contributed by atoms with Gasteiger partial charge in [0, 0.05) is 19.3 Å². The first-order chi connectivity index (χ1) is 7.67. The van der Waals surface area contributed by atoms with Gasteiger partial charge in [-0.05, 0) is 19.9 Å². The van der Waals surface area contributed by atoms with Crippen molar-refractivity contribution < 1.29 is 4.79 Å². The summed E-state index contributed by atoms with van der Waals surface area (Å²) in [6.07, 6.45) is 1.55. The minimum atomic E-state index is 0.0241. The zero-order chi connectivity index (χ0) is 12.0. The van der Waals surface area contributed by atoms with Gasteiger partial charge < -0.3 is 16.0 Å². The number of aromatic nitrogens is 2. The van der Waals surface area contributed by atoms with Crippen molar-refractivity contribution in [3.05, 3.63) is 12.3 Å². The van der Waals surface area contributed by atoms with Crippen LogP contribution in [0, 0.1) is 0 Å². The molecule has 0 aromatic carbocycles. The van der Waals surface area contributed by atoms with Crippen molar-refractivity contribution in [1.82, 2.24) is 14.9 Å². The molecule has 0 saturated heterocycles. The van der Waals surface area contributed by atoms with Gasteiger partial charge in [0.25, 0.3) is 0 Å². The summed E-state index contributed by atoms with van der Waals surface area (Å²) in [5, 5.41) is 2.84. The monoisotopic (exact) mass is 223 g/mol. The Labute approximate surface area is 94.9 Å². The first-order valence-electron chi connectivity index (χ1n) is 5.27. The van der Waals surface area contributed by atoms with Gasteiger partial charge >= 0.3 is 0 Å². The van der Waals surface area contributed by atoms with Crippen molar-refractivity contribution >= 4 is 17.7 Å². The van der Waals surface area contributed by atoms with E-state index >= 15 is 0 Å². The lowest BCUT2D eigenvalue weighted by molar-refractivity contribution is -0.128. The molecule has 88 valence electrons. The Kier molecular flexibility index (Phi) is 4.50. The number of carbonyl (C=O) groups is 1. The summed E-state index contributed by atoms with van der Waals surface area (Å²) in [7, 11) is 0. The van der Waals surface area contributed by atoms with Crippen molar-refractivity contribution in [1.29, 1.82) is 0 Å². The molecule has 6 heteroatoms. The number of amides is 1. The molecular formula is C10H17N5O. The van der Waals surface area contributed by atoms with Crippen LogP contribution < -0.4 is 11.1 Å². The number of anilines is 2. The summed E-state index contributed by atoms with van der Waals surface area (Å²) < 4.78 is 0. The predicted octanol–water partition coefficient (Wildman–Crippen LogP) is 0.339. The average Bonchev–Trinajstić information content (AvgIpc) is 2.28. The molecule has 1 aromatic rings. The lowest BCUT2D eigenvalue weighted by Crippen LogP contribution is -2.35. The molecular weight excluding hydrogens is 206 g/mol. The molecule has 6 nitrogen and oxygen atoms in total. The number of likely N-dealkylation sites (N-methyl/N-ethyl adjacent to an activating group) is 1. The van der Waals surface area contributed by atoms with Gasteiger partial charge in [0.15, 0.2) is 0 Å². The maximum Gasteiger partial charge on any atom is 0.241 e. The lowest BCUT2D eigenvalue weighted by atomic mass is 10.4. The summed E-state index contributed by atoms with van der Waals surface area (Å²) in [4.78, 5) is 21.3. The van der Waals surface area contributed by atoms with Gasteiger partial charge in [-0.1, -0.05) is 0 Å². The molecule has 1 amide bonds. The summed E-state index contributed by atoms with van der Waals surface area (Å²) >= 11 is 0. The van der Waals surface area contributed by atoms with Crippen LogP contribution >= 0.6 is 0 Å². The first kappa shape index (κ1) is 12.2. The highest BCUT2D eigenvalue weighted by Gasteiger charge is 2.09. The van der Waals surface area contributed by atoms with Crippen molar-refractivity contribution in [3.8, 4) is 0 Å². The molecule has 0 unspecified atom stereocenters. The topological polar surface area (TPSA) is 84.1 Å². The molecule has 0 fully saturated rings. The summed E-state index contributed by atoms with van der Waals surface area (Å²) in [5.41, 5.74) is 5.49. The number of rotatable bonds is 5. The fraction of sp³-hybridized carbons (Fsp3) is 0.500. The number of nitrogens with zero attached hydrogens (tertiary/aromatic N) is 3. The maximum absolute atomic E-state index is 11.6. The van der Waals surface area contributed by atoms with Crippen LogP contribution in [0.15, 0.2) is 12.3 Å². The van der Waals surface area contributed by atoms with E-state index in [4.69, 9.17) is 5.73 Å². The van der Waals surface area contributed by atoms with Crippen LogP contribution in [0.1, 0.15) is 13.8 Å². The number of nitrogens with two attached hydrogens (primary N) is 1. The van der Waals surface area contributed by atoms with Crippen LogP contribution in [0.4, 0.5) is 11.8 Å². The van der Waals surface area contributed by atoms with Gasteiger partial charge in [0.1, 0.15) is 5.82 Å². The van der Waals surface area contributed by atoms with Crippen molar-refractivity contribution in [3.63, 3.8) is 0 Å². The highest BCUT2D eigenvalue weighted by atomic mass is 16.2. The van der Waals surface area contributed by atoms with E-state index in [0.29, 0.717) is 24.9 Å². The second-order valence-electron chi connectivity index (χ2n) is 3.22. The van der Waals surface area contributed by atoms with Crippen LogP contribution in [0.25, 0.3) is 0 Å². The normalized spacial score (nSPS) is 9.88. The van der Waals surface area contributed by atoms with E-state index < -0.39 is 0 Å². The van der Waals surface area contributed by atoms with E-state index in [1.54, 1.807) is 17.2 Å². The molecule has 0 radical (unpaired) electrons. The van der Waals surface area contributed by atoms with Crippen LogP contribution in [0.5, 0.6) is 0 Å². The minimum Gasteiger partial charge on any atom is -0.384 e. The van der Waals surface area contributed by atoms with Crippen LogP contribution in [0.3, 0.4) is 0 Å². The second-order valence-corrected chi connectivity index (χ2v) is 3.22. The molecule has 16 heavy (non-hydrogen) atoms. The van der Waals surface area contributed by atoms with Crippen LogP contribution in [0.2, 0.25) is 0 Å². The summed E-state index contributed by atoms with van der Waals surface area (Å²) in [5.74, 6) is 0.782. The minimum absolute atomic E-state index is 0.0241. The smallest absolute Gasteiger partial charge is 0.241 e. The molecule has 1 heterocycles. The Morgan fingerprint density at radius 1 is 1.50 bits per heavy atom. The summed E-state index contributed by atoms with van der Waals surface area (Å²) in [6, 6.07) is 1.59. The third kappa shape index (κ3) is 3.38. The largest absolute Gasteiger partial charge is 0.384 e. The number of hydrogen-bond donors (Lipinski definition) is 2. The number of carbonyl (C=O) groups excluding carboxylic acids is 1. The third-order valence-corrected chi connectivity index (χ3v) is 2.19. The van der Waals surface area contributed by atoms with Gasteiger partial charge in [-0.15, -0.1) is 0 Å². The average molecular weight is 223 g/mol. The van der Waals surface area contributed by atoms with Crippen LogP contribution in [-0.4, -0.2) is 40.4 Å². The molecule has 1 aromatic heterocycles. The Bertz CT molecular complexity index is 351. The van der Waals surface area contributed by atoms with Crippen LogP contribution in [-0.2, 0) is 4.79 Å². The van der Waals surface area contributed by atoms with Crippen molar-refractivity contribution in [2.45, 2.75) is 13.8 Å². The van der Waals surface area contributed by atoms with E-state index in [-0.39, 0.29) is 12.5 Å². The van der Waals surface area contributed by atoms with Gasteiger partial charge in [0.05, 0.1) is 6.54 Å². The third-order valence-electron chi connectivity index (χ3n) is 2.19. The molecule has 0 saturated carbocycles. The Hall–Kier alpha value is -1.85. The highest BCUT2D eigenvalue weighted by molar-refractivity contribution is 5.80. The van der Waals surface area contributed by atoms with Gasteiger partial charge in [-0.3, -0.25) is 4.79 Å². The second kappa shape index (κ2) is 5.89. The zero-order valence-electron chi connectivity index (χ0n) is 9.60. The molecule has 0 atom stereocenters. The number of nitrogens with one attached hydrogen (secondary N) is 1. The standard InChI is InChI=1S/C10H17N5O/c1-3-15(4-2)9(16)7-13-10-12-6-5-8(11)14-10/h5-6H,3-4,7H2,1-2H3,(H3,11,12,13,14).